The van der Waals surface area contributed by atoms with Crippen molar-refractivity contribution in [3.63, 3.8) is 0 Å². The van der Waals surface area contributed by atoms with Gasteiger partial charge in [0.15, 0.2) is 0 Å². The predicted molar refractivity (Wildman–Crippen MR) is 130 cm³/mol. The Bertz CT molecular complexity index is 1030. The molecule has 0 saturated carbocycles. The molecule has 1 aliphatic rings. The van der Waals surface area contributed by atoms with Crippen LogP contribution in [0.4, 0.5) is 0 Å². The van der Waals surface area contributed by atoms with Gasteiger partial charge in [0.05, 0.1) is 5.56 Å². The van der Waals surface area contributed by atoms with Crippen LogP contribution in [0.2, 0.25) is 0 Å². The van der Waals surface area contributed by atoms with Crippen LogP contribution >= 0.6 is 24.8 Å². The third-order valence-electron chi connectivity index (χ3n) is 5.86. The zero-order valence-corrected chi connectivity index (χ0v) is 19.3. The second-order valence-electron chi connectivity index (χ2n) is 7.80. The van der Waals surface area contributed by atoms with Crippen LogP contribution in [-0.4, -0.2) is 29.1 Å². The van der Waals surface area contributed by atoms with Gasteiger partial charge in [-0.2, -0.15) is 0 Å². The van der Waals surface area contributed by atoms with E-state index >= 15 is 0 Å². The van der Waals surface area contributed by atoms with Gasteiger partial charge < -0.3 is 14.8 Å². The molecule has 0 bridgehead atoms. The lowest BCUT2D eigenvalue weighted by molar-refractivity contribution is 0.190. The minimum absolute atomic E-state index is 0. The van der Waals surface area contributed by atoms with Crippen molar-refractivity contribution in [3.05, 3.63) is 75.6 Å². The van der Waals surface area contributed by atoms with Crippen molar-refractivity contribution in [2.24, 2.45) is 0 Å². The lowest BCUT2D eigenvalue weighted by Gasteiger charge is -2.32. The van der Waals surface area contributed by atoms with Crippen LogP contribution < -0.4 is 10.9 Å². The van der Waals surface area contributed by atoms with Crippen molar-refractivity contribution in [2.45, 2.75) is 45.3 Å². The number of benzene rings is 2. The van der Waals surface area contributed by atoms with Crippen molar-refractivity contribution < 1.29 is 9.52 Å². The van der Waals surface area contributed by atoms with Crippen LogP contribution in [0.3, 0.4) is 0 Å². The van der Waals surface area contributed by atoms with Crippen molar-refractivity contribution in [3.8, 4) is 5.75 Å². The van der Waals surface area contributed by atoms with Gasteiger partial charge in [-0.15, -0.1) is 24.8 Å². The number of aromatic hydroxyl groups is 1. The van der Waals surface area contributed by atoms with Crippen LogP contribution in [0.15, 0.2) is 57.7 Å². The van der Waals surface area contributed by atoms with Gasteiger partial charge in [-0.25, -0.2) is 4.79 Å². The number of aryl methyl sites for hydroxylation is 1. The Morgan fingerprint density at radius 3 is 2.48 bits per heavy atom. The summed E-state index contributed by atoms with van der Waals surface area (Å²) in [6, 6.07) is 16.0. The number of fused-ring (bicyclic) bond motifs is 1. The lowest BCUT2D eigenvalue weighted by atomic mass is 10.0. The average Bonchev–Trinajstić information content (AvgIpc) is 2.74. The van der Waals surface area contributed by atoms with Gasteiger partial charge in [0.1, 0.15) is 11.3 Å². The number of nitrogens with zero attached hydrogens (tertiary/aromatic N) is 1. The number of hydrogen-bond acceptors (Lipinski definition) is 5. The number of halogens is 2. The molecule has 0 spiro atoms. The first-order valence-electron chi connectivity index (χ1n) is 10.4. The number of phenolic OH excluding ortho intramolecular Hbond substituents is 1. The molecule has 0 unspecified atom stereocenters. The molecule has 168 valence electrons. The van der Waals surface area contributed by atoms with Crippen LogP contribution in [0.25, 0.3) is 11.0 Å². The summed E-state index contributed by atoms with van der Waals surface area (Å²) >= 11 is 0. The fourth-order valence-corrected chi connectivity index (χ4v) is 4.18. The van der Waals surface area contributed by atoms with E-state index in [4.69, 9.17) is 4.42 Å². The Labute approximate surface area is 195 Å². The third-order valence-corrected chi connectivity index (χ3v) is 5.86. The van der Waals surface area contributed by atoms with E-state index in [1.165, 1.54) is 5.56 Å². The molecule has 1 fully saturated rings. The number of phenols is 1. The first kappa shape index (κ1) is 25.2. The van der Waals surface area contributed by atoms with Crippen molar-refractivity contribution in [1.82, 2.24) is 10.2 Å². The van der Waals surface area contributed by atoms with Crippen LogP contribution in [0.1, 0.15) is 36.5 Å². The van der Waals surface area contributed by atoms with Gasteiger partial charge >= 0.3 is 5.63 Å². The molecule has 2 heterocycles. The van der Waals surface area contributed by atoms with E-state index in [1.54, 1.807) is 12.1 Å². The maximum atomic E-state index is 11.9. The first-order valence-corrected chi connectivity index (χ1v) is 10.4. The standard InChI is InChI=1S/C24H28N2O3.2ClH/c1-2-18-14-23(28)29-24-20(18)8-9-22(27)21(24)15-25-19-10-12-26(13-11-19)16-17-6-4-3-5-7-17;;/h3-9,14,19,25,27H,2,10-13,15-16H2,1H3;2*1H. The van der Waals surface area contributed by atoms with Crippen molar-refractivity contribution in [2.75, 3.05) is 13.1 Å². The van der Waals surface area contributed by atoms with Crippen LogP contribution in [0, 0.1) is 0 Å². The molecular weight excluding hydrogens is 435 g/mol. The van der Waals surface area contributed by atoms with Gasteiger partial charge in [-0.05, 0) is 55.6 Å². The van der Waals surface area contributed by atoms with Crippen molar-refractivity contribution >= 4 is 35.8 Å². The number of nitrogens with one attached hydrogen (secondary N) is 1. The fourth-order valence-electron chi connectivity index (χ4n) is 4.18. The highest BCUT2D eigenvalue weighted by molar-refractivity contribution is 5.86. The number of piperidine rings is 1. The van der Waals surface area contributed by atoms with E-state index in [0.717, 1.165) is 49.8 Å². The summed E-state index contributed by atoms with van der Waals surface area (Å²) in [6.07, 6.45) is 2.87. The molecule has 4 rings (SSSR count). The summed E-state index contributed by atoms with van der Waals surface area (Å²) in [6.45, 7) is 5.58. The zero-order chi connectivity index (χ0) is 20.2. The Morgan fingerprint density at radius 1 is 1.10 bits per heavy atom. The molecule has 0 aliphatic carbocycles. The number of hydrogen-bond donors (Lipinski definition) is 2. The van der Waals surface area contributed by atoms with E-state index in [2.05, 4.69) is 34.5 Å². The van der Waals surface area contributed by atoms with Gasteiger partial charge in [0.2, 0.25) is 0 Å². The summed E-state index contributed by atoms with van der Waals surface area (Å²) in [7, 11) is 0. The maximum Gasteiger partial charge on any atom is 0.336 e. The van der Waals surface area contributed by atoms with E-state index in [1.807, 2.05) is 19.1 Å². The summed E-state index contributed by atoms with van der Waals surface area (Å²) in [5.41, 5.74) is 3.11. The first-order chi connectivity index (χ1) is 14.1. The largest absolute Gasteiger partial charge is 0.507 e. The minimum atomic E-state index is -0.365. The van der Waals surface area contributed by atoms with Crippen LogP contribution in [0.5, 0.6) is 5.75 Å². The smallest absolute Gasteiger partial charge is 0.336 e. The quantitative estimate of drug-likeness (QED) is 0.519. The van der Waals surface area contributed by atoms with Gasteiger partial charge in [-0.1, -0.05) is 37.3 Å². The highest BCUT2D eigenvalue weighted by Crippen LogP contribution is 2.29. The maximum absolute atomic E-state index is 11.9. The number of rotatable bonds is 6. The molecule has 0 atom stereocenters. The van der Waals surface area contributed by atoms with E-state index in [0.29, 0.717) is 23.7 Å². The Hall–Kier alpha value is -2.05. The molecule has 0 amide bonds. The Morgan fingerprint density at radius 2 is 1.81 bits per heavy atom. The molecule has 2 aromatic carbocycles. The summed E-state index contributed by atoms with van der Waals surface area (Å²) in [5, 5.41) is 14.9. The summed E-state index contributed by atoms with van der Waals surface area (Å²) < 4.78 is 5.48. The second kappa shape index (κ2) is 11.5. The van der Waals surface area contributed by atoms with Gasteiger partial charge in [0, 0.05) is 30.6 Å². The Balaban J connectivity index is 0.00000171. The van der Waals surface area contributed by atoms with Gasteiger partial charge in [0.25, 0.3) is 0 Å². The summed E-state index contributed by atoms with van der Waals surface area (Å²) in [4.78, 5) is 14.4. The third kappa shape index (κ3) is 6.01. The van der Waals surface area contributed by atoms with E-state index in [-0.39, 0.29) is 36.2 Å². The SMILES string of the molecule is CCc1cc(=O)oc2c(CNC3CCN(Cc4ccccc4)CC3)c(O)ccc12.Cl.Cl. The van der Waals surface area contributed by atoms with E-state index in [9.17, 15) is 9.90 Å². The monoisotopic (exact) mass is 464 g/mol. The average molecular weight is 465 g/mol. The molecule has 0 radical (unpaired) electrons. The molecule has 2 N–H and O–H groups in total. The Kier molecular flexibility index (Phi) is 9.38. The molecule has 7 heteroatoms. The number of likely N-dealkylation sites (tertiary alicyclic amines) is 1. The molecule has 1 aromatic heterocycles. The lowest BCUT2D eigenvalue weighted by Crippen LogP contribution is -2.41. The minimum Gasteiger partial charge on any atom is -0.507 e. The normalized spacial score (nSPS) is 14.7. The summed E-state index contributed by atoms with van der Waals surface area (Å²) in [5.74, 6) is 0.169. The molecular formula is C24H30Cl2N2O3. The molecule has 31 heavy (non-hydrogen) atoms. The molecule has 1 saturated heterocycles. The molecule has 3 aromatic rings. The van der Waals surface area contributed by atoms with Crippen molar-refractivity contribution in [1.29, 1.82) is 0 Å². The zero-order valence-electron chi connectivity index (χ0n) is 17.7. The van der Waals surface area contributed by atoms with Crippen LogP contribution in [-0.2, 0) is 19.5 Å². The highest BCUT2D eigenvalue weighted by atomic mass is 35.5. The second-order valence-corrected chi connectivity index (χ2v) is 7.80. The topological polar surface area (TPSA) is 65.7 Å². The predicted octanol–water partition coefficient (Wildman–Crippen LogP) is 4.66. The highest BCUT2D eigenvalue weighted by Gasteiger charge is 2.20. The van der Waals surface area contributed by atoms with Gasteiger partial charge in [-0.3, -0.25) is 4.90 Å². The van der Waals surface area contributed by atoms with E-state index < -0.39 is 0 Å². The molecule has 5 nitrogen and oxygen atoms in total. The fraction of sp³-hybridized carbons (Fsp3) is 0.375. The molecule has 1 aliphatic heterocycles.